The van der Waals surface area contributed by atoms with Crippen molar-refractivity contribution in [2.24, 2.45) is 0 Å². The Kier molecular flexibility index (Phi) is 5.46. The molecule has 7 nitrogen and oxygen atoms in total. The first kappa shape index (κ1) is 20.6. The van der Waals surface area contributed by atoms with Gasteiger partial charge in [-0.2, -0.15) is 0 Å². The van der Waals surface area contributed by atoms with Crippen LogP contribution in [0.25, 0.3) is 10.9 Å². The molecule has 0 amide bonds. The van der Waals surface area contributed by atoms with Crippen LogP contribution < -0.4 is 11.3 Å². The number of hydrogen-bond donors (Lipinski definition) is 1. The molecule has 0 saturated carbocycles. The number of hydrogen-bond acceptors (Lipinski definition) is 5. The number of nitrogens with zero attached hydrogens (tertiary/aromatic N) is 3. The highest BCUT2D eigenvalue weighted by Gasteiger charge is 2.24. The summed E-state index contributed by atoms with van der Waals surface area (Å²) in [4.78, 5) is 29.2. The molecule has 29 heavy (non-hydrogen) atoms. The second-order valence-electron chi connectivity index (χ2n) is 7.95. The zero-order valence-electron chi connectivity index (χ0n) is 17.0. The Morgan fingerprint density at radius 3 is 2.66 bits per heavy atom. The van der Waals surface area contributed by atoms with Crippen LogP contribution in [-0.4, -0.2) is 25.8 Å². The molecule has 2 N–H and O–H groups in total. The number of carbonyl (C=O) groups excluding carboxylic acids is 1. The molecule has 8 heteroatoms. The van der Waals surface area contributed by atoms with Crippen molar-refractivity contribution in [1.82, 2.24) is 14.1 Å². The Bertz CT molecular complexity index is 1130. The van der Waals surface area contributed by atoms with Crippen molar-refractivity contribution in [3.63, 3.8) is 0 Å². The van der Waals surface area contributed by atoms with Gasteiger partial charge in [-0.3, -0.25) is 4.79 Å². The Morgan fingerprint density at radius 1 is 1.28 bits per heavy atom. The third kappa shape index (κ3) is 4.31. The van der Waals surface area contributed by atoms with Crippen LogP contribution in [0.2, 0.25) is 0 Å². The van der Waals surface area contributed by atoms with Crippen molar-refractivity contribution >= 4 is 22.8 Å². The monoisotopic (exact) mass is 400 g/mol. The molecule has 0 aliphatic carbocycles. The van der Waals surface area contributed by atoms with Crippen molar-refractivity contribution in [1.29, 1.82) is 0 Å². The van der Waals surface area contributed by atoms with Gasteiger partial charge in [-0.15, -0.1) is 0 Å². The minimum Gasteiger partial charge on any atom is -0.443 e. The lowest BCUT2D eigenvalue weighted by molar-refractivity contribution is 0.0539. The topological polar surface area (TPSA) is 92.1 Å². The van der Waals surface area contributed by atoms with Crippen molar-refractivity contribution in [3.05, 3.63) is 58.0 Å². The van der Waals surface area contributed by atoms with Crippen molar-refractivity contribution < 1.29 is 13.9 Å². The Hall–Kier alpha value is -3.16. The first-order chi connectivity index (χ1) is 13.6. The predicted molar refractivity (Wildman–Crippen MR) is 110 cm³/mol. The minimum absolute atomic E-state index is 0.0622. The smallest absolute Gasteiger partial charge is 0.419 e. The lowest BCUT2D eigenvalue weighted by Crippen LogP contribution is -2.30. The molecule has 1 aromatic carbocycles. The van der Waals surface area contributed by atoms with Crippen LogP contribution in [0.15, 0.2) is 35.4 Å². The maximum Gasteiger partial charge on any atom is 0.419 e. The van der Waals surface area contributed by atoms with Gasteiger partial charge in [0.2, 0.25) is 0 Å². The summed E-state index contributed by atoms with van der Waals surface area (Å²) in [6, 6.07) is 4.51. The molecule has 154 valence electrons. The number of aryl methyl sites for hydroxylation is 1. The number of halogens is 1. The zero-order valence-corrected chi connectivity index (χ0v) is 17.0. The van der Waals surface area contributed by atoms with Crippen LogP contribution >= 0.6 is 0 Å². The van der Waals surface area contributed by atoms with E-state index in [0.717, 1.165) is 6.42 Å². The second kappa shape index (κ2) is 7.69. The predicted octanol–water partition coefficient (Wildman–Crippen LogP) is 3.70. The summed E-state index contributed by atoms with van der Waals surface area (Å²) < 4.78 is 22.5. The fraction of sp³-hybridized carbons (Fsp3) is 0.381. The molecule has 3 rings (SSSR count). The van der Waals surface area contributed by atoms with Gasteiger partial charge in [0.1, 0.15) is 11.4 Å². The van der Waals surface area contributed by atoms with Crippen molar-refractivity contribution in [3.8, 4) is 0 Å². The lowest BCUT2D eigenvalue weighted by atomic mass is 10.1. The molecule has 0 bridgehead atoms. The summed E-state index contributed by atoms with van der Waals surface area (Å²) in [7, 11) is 0. The molecule has 3 aromatic rings. The summed E-state index contributed by atoms with van der Waals surface area (Å²) in [5.41, 5.74) is 6.23. The molecule has 0 aliphatic heterocycles. The van der Waals surface area contributed by atoms with E-state index in [-0.39, 0.29) is 18.2 Å². The molecule has 0 unspecified atom stereocenters. The molecule has 0 radical (unpaired) electrons. The number of benzene rings is 1. The van der Waals surface area contributed by atoms with Gasteiger partial charge < -0.3 is 15.0 Å². The minimum atomic E-state index is -0.714. The Labute approximate surface area is 167 Å². The van der Waals surface area contributed by atoms with Gasteiger partial charge in [0.25, 0.3) is 5.56 Å². The summed E-state index contributed by atoms with van der Waals surface area (Å²) in [5.74, 6) is -0.510. The number of rotatable bonds is 4. The quantitative estimate of drug-likeness (QED) is 0.721. The van der Waals surface area contributed by atoms with Crippen LogP contribution in [0.4, 0.5) is 15.0 Å². The van der Waals surface area contributed by atoms with Gasteiger partial charge in [0.05, 0.1) is 17.8 Å². The van der Waals surface area contributed by atoms with Gasteiger partial charge in [-0.25, -0.2) is 18.7 Å². The van der Waals surface area contributed by atoms with Crippen LogP contribution in [-0.2, 0) is 17.7 Å². The lowest BCUT2D eigenvalue weighted by Gasteiger charge is -2.21. The molecule has 0 atom stereocenters. The van der Waals surface area contributed by atoms with Gasteiger partial charge >= 0.3 is 6.09 Å². The maximum absolute atomic E-state index is 14.2. The maximum atomic E-state index is 14.2. The van der Waals surface area contributed by atoms with Crippen LogP contribution in [0.1, 0.15) is 45.4 Å². The normalized spacial score (nSPS) is 11.8. The first-order valence-corrected chi connectivity index (χ1v) is 9.47. The molecule has 0 aliphatic rings. The molecule has 0 spiro atoms. The second-order valence-corrected chi connectivity index (χ2v) is 7.95. The van der Waals surface area contributed by atoms with Gasteiger partial charge in [-0.1, -0.05) is 13.3 Å². The Morgan fingerprint density at radius 2 is 2.00 bits per heavy atom. The zero-order chi connectivity index (χ0) is 21.3. The van der Waals surface area contributed by atoms with Gasteiger partial charge in [0.15, 0.2) is 5.82 Å². The molecule has 0 saturated heterocycles. The number of nitrogen functional groups attached to an aromatic ring is 1. The van der Waals surface area contributed by atoms with E-state index >= 15 is 0 Å². The van der Waals surface area contributed by atoms with Crippen molar-refractivity contribution in [2.75, 3.05) is 5.73 Å². The molecule has 0 fully saturated rings. The van der Waals surface area contributed by atoms with Crippen LogP contribution in [0.3, 0.4) is 0 Å². The van der Waals surface area contributed by atoms with E-state index in [1.54, 1.807) is 26.8 Å². The highest BCUT2D eigenvalue weighted by atomic mass is 19.1. The molecule has 2 heterocycles. The van der Waals surface area contributed by atoms with E-state index in [0.29, 0.717) is 28.6 Å². The van der Waals surface area contributed by atoms with E-state index in [1.807, 2.05) is 6.92 Å². The molecular weight excluding hydrogens is 375 g/mol. The SMILES string of the molecule is CCCc1cc(F)cc2cc(Cn3ccnc(N)c3=O)n(C(=O)OC(C)(C)C)c12. The molecular formula is C21H25FN4O3. The third-order valence-electron chi connectivity index (χ3n) is 4.38. The average molecular weight is 400 g/mol. The Balaban J connectivity index is 2.24. The number of ether oxygens (including phenoxy) is 1. The number of carbonyl (C=O) groups is 1. The fourth-order valence-electron chi connectivity index (χ4n) is 3.30. The summed E-state index contributed by atoms with van der Waals surface area (Å²) >= 11 is 0. The van der Waals surface area contributed by atoms with Crippen LogP contribution in [0.5, 0.6) is 0 Å². The third-order valence-corrected chi connectivity index (χ3v) is 4.38. The van der Waals surface area contributed by atoms with Gasteiger partial charge in [0, 0.05) is 17.8 Å². The average Bonchev–Trinajstić information content (AvgIpc) is 2.95. The van der Waals surface area contributed by atoms with E-state index in [4.69, 9.17) is 10.5 Å². The van der Waals surface area contributed by atoms with Crippen LogP contribution in [0, 0.1) is 5.82 Å². The first-order valence-electron chi connectivity index (χ1n) is 9.47. The fourth-order valence-corrected chi connectivity index (χ4v) is 3.30. The van der Waals surface area contributed by atoms with E-state index in [1.165, 1.54) is 33.7 Å². The van der Waals surface area contributed by atoms with E-state index < -0.39 is 17.3 Å². The summed E-state index contributed by atoms with van der Waals surface area (Å²) in [6.07, 6.45) is 3.71. The summed E-state index contributed by atoms with van der Waals surface area (Å²) in [5, 5.41) is 0.574. The number of anilines is 1. The van der Waals surface area contributed by atoms with E-state index in [9.17, 15) is 14.0 Å². The standard InChI is InChI=1S/C21H25FN4O3/c1-5-6-13-9-15(22)10-14-11-16(12-25-8-7-24-18(23)19(25)27)26(17(13)14)20(28)29-21(2,3)4/h7-11H,5-6,12H2,1-4H3,(H2,23,24). The van der Waals surface area contributed by atoms with Crippen molar-refractivity contribution in [2.45, 2.75) is 52.7 Å². The van der Waals surface area contributed by atoms with Gasteiger partial charge in [-0.05, 0) is 51.0 Å². The number of nitrogens with two attached hydrogens (primary N) is 1. The molecule has 2 aromatic heterocycles. The summed E-state index contributed by atoms with van der Waals surface area (Å²) in [6.45, 7) is 7.37. The highest BCUT2D eigenvalue weighted by Crippen LogP contribution is 2.28. The van der Waals surface area contributed by atoms with E-state index in [2.05, 4.69) is 4.98 Å². The number of fused-ring (bicyclic) bond motifs is 1. The largest absolute Gasteiger partial charge is 0.443 e. The highest BCUT2D eigenvalue weighted by molar-refractivity contribution is 5.93. The number of aromatic nitrogens is 3.